The summed E-state index contributed by atoms with van der Waals surface area (Å²) in [5.41, 5.74) is 8.62. The summed E-state index contributed by atoms with van der Waals surface area (Å²) in [6.45, 7) is 11.3. The second-order valence-corrected chi connectivity index (χ2v) is 28.8. The molecule has 0 spiro atoms. The number of allylic oxidation sites excluding steroid dienone is 16. The van der Waals surface area contributed by atoms with E-state index in [1.807, 2.05) is 24.3 Å². The van der Waals surface area contributed by atoms with Crippen molar-refractivity contribution in [2.45, 2.75) is 336 Å². The van der Waals surface area contributed by atoms with Gasteiger partial charge in [0.2, 0.25) is 0 Å². The Morgan fingerprint density at radius 1 is 0.275 bits per heavy atom. The maximum Gasteiger partial charge on any atom is 0.261 e. The summed E-state index contributed by atoms with van der Waals surface area (Å²) in [5, 5.41) is 10.9. The molecule has 3 aliphatic heterocycles. The molecule has 0 aromatic heterocycles. The summed E-state index contributed by atoms with van der Waals surface area (Å²) in [5.74, 6) is 6.87. The van der Waals surface area contributed by atoms with E-state index in [1.165, 1.54) is 260 Å². The van der Waals surface area contributed by atoms with E-state index in [0.717, 1.165) is 64.3 Å². The number of hydrogen-bond donors (Lipinski definition) is 5. The van der Waals surface area contributed by atoms with Gasteiger partial charge in [-0.05, 0) is 197 Å². The second kappa shape index (κ2) is 74.9. The average Bonchev–Trinajstić information content (AvgIpc) is 1.67. The normalized spacial score (nSPS) is 13.1. The summed E-state index contributed by atoms with van der Waals surface area (Å²) >= 11 is 0. The lowest BCUT2D eigenvalue weighted by Crippen LogP contribution is -2.30. The molecule has 6 amide bonds. The van der Waals surface area contributed by atoms with E-state index in [0.29, 0.717) is 53.1 Å². The fourth-order valence-corrected chi connectivity index (χ4v) is 12.8. The first kappa shape index (κ1) is 99.8. The van der Waals surface area contributed by atoms with Crippen LogP contribution in [0.4, 0.5) is 0 Å². The van der Waals surface area contributed by atoms with Gasteiger partial charge in [0.15, 0.2) is 0 Å². The summed E-state index contributed by atoms with van der Waals surface area (Å²) < 4.78 is 0. The van der Waals surface area contributed by atoms with Gasteiger partial charge < -0.3 is 10.8 Å². The number of nitrogens with zero attached hydrogens (tertiary/aromatic N) is 2. The van der Waals surface area contributed by atoms with Crippen LogP contribution in [0.5, 0.6) is 0 Å². The zero-order valence-electron chi connectivity index (χ0n) is 69.0. The third-order valence-corrected chi connectivity index (χ3v) is 19.3. The zero-order chi connectivity index (χ0) is 79.4. The molecule has 608 valence electrons. The molecule has 6 rings (SSSR count). The van der Waals surface area contributed by atoms with Gasteiger partial charge in [0.25, 0.3) is 35.4 Å². The van der Waals surface area contributed by atoms with Crippen LogP contribution in [0, 0.1) is 0 Å². The Kier molecular flexibility index (Phi) is 68.6. The Balaban J connectivity index is 0.000000699. The third kappa shape index (κ3) is 51.8. The summed E-state index contributed by atoms with van der Waals surface area (Å²) in [6.07, 6.45) is 96.0. The van der Waals surface area contributed by atoms with Gasteiger partial charge in [0.05, 0.1) is 33.4 Å². The lowest BCUT2D eigenvalue weighted by molar-refractivity contribution is 0.0636. The van der Waals surface area contributed by atoms with Crippen molar-refractivity contribution in [3.05, 3.63) is 203 Å². The first-order chi connectivity index (χ1) is 53.6. The zero-order valence-corrected chi connectivity index (χ0v) is 69.0. The fourth-order valence-electron chi connectivity index (χ4n) is 12.8. The molecule has 3 aromatic rings. The van der Waals surface area contributed by atoms with E-state index in [-0.39, 0.29) is 35.4 Å². The van der Waals surface area contributed by atoms with E-state index >= 15 is 0 Å². The Bertz CT molecular complexity index is 2760. The number of hydrazine groups is 1. The molecule has 3 heterocycles. The van der Waals surface area contributed by atoms with Crippen LogP contribution >= 0.6 is 0 Å². The number of nitrogens with one attached hydrogen (secondary N) is 1. The number of carbonyl (C=O) groups excluding carboxylic acids is 6. The van der Waals surface area contributed by atoms with E-state index in [2.05, 4.69) is 142 Å². The number of amides is 6. The highest BCUT2D eigenvalue weighted by Gasteiger charge is 2.35. The van der Waals surface area contributed by atoms with Crippen molar-refractivity contribution in [1.82, 2.24) is 15.1 Å². The van der Waals surface area contributed by atoms with Gasteiger partial charge in [-0.3, -0.25) is 55.6 Å². The topological polar surface area (TPSA) is 219 Å². The molecule has 3 aromatic carbocycles. The number of rotatable bonds is 58. The number of carbonyl (C=O) groups is 6. The van der Waals surface area contributed by atoms with Crippen molar-refractivity contribution in [3.63, 3.8) is 0 Å². The van der Waals surface area contributed by atoms with Crippen molar-refractivity contribution >= 4 is 35.4 Å². The monoisotopic (exact) mass is 1500 g/mol. The molecule has 0 bridgehead atoms. The highest BCUT2D eigenvalue weighted by molar-refractivity contribution is 6.22. The summed E-state index contributed by atoms with van der Waals surface area (Å²) in [4.78, 5) is 73.9. The van der Waals surface area contributed by atoms with Crippen molar-refractivity contribution < 1.29 is 33.9 Å². The molecule has 13 heteroatoms. The Morgan fingerprint density at radius 2 is 0.477 bits per heavy atom. The molecule has 0 aliphatic carbocycles. The number of imide groups is 3. The number of hydrogen-bond acceptors (Lipinski definition) is 10. The molecule has 0 saturated carbocycles. The molecular weight excluding hydrogens is 1350 g/mol. The maximum absolute atomic E-state index is 12.3. The molecule has 8 N–H and O–H groups in total. The second-order valence-electron chi connectivity index (χ2n) is 28.8. The number of fused-ring (bicyclic) bond motifs is 3. The summed E-state index contributed by atoms with van der Waals surface area (Å²) in [6, 6.07) is 21.0. The molecule has 0 atom stereocenters. The Morgan fingerprint density at radius 3 is 0.706 bits per heavy atom. The number of benzene rings is 3. The van der Waals surface area contributed by atoms with E-state index in [1.54, 1.807) is 48.5 Å². The lowest BCUT2D eigenvalue weighted by atomic mass is 10.1. The minimum atomic E-state index is -0.300. The average molecular weight is 1500 g/mol. The predicted molar refractivity (Wildman–Crippen MR) is 464 cm³/mol. The molecule has 0 unspecified atom stereocenters. The van der Waals surface area contributed by atoms with Crippen LogP contribution in [0.3, 0.4) is 0 Å². The van der Waals surface area contributed by atoms with Gasteiger partial charge in [-0.15, -0.1) is 0 Å². The SMILES string of the molecule is CCCCC/C=C\C/C=C\CCCCCCCCN.CCCCC/C=C\C/C=C\CCCCCCCCN1C(=O)c2ccccc2C1=O.CCCCC/C=C\C/C=C\CCCCCCCCN1C(=O)c2ccccc2C1=O.CCCCC/C=C\C/C=C\CCCCCCCCO.NN.O=C1NC(=O)c2ccccc21. The van der Waals surface area contributed by atoms with Crippen LogP contribution in [-0.4, -0.2) is 76.6 Å². The molecule has 13 nitrogen and oxygen atoms in total. The Labute approximate surface area is 663 Å². The van der Waals surface area contributed by atoms with Crippen molar-refractivity contribution in [1.29, 1.82) is 0 Å². The van der Waals surface area contributed by atoms with Gasteiger partial charge >= 0.3 is 0 Å². The largest absolute Gasteiger partial charge is 0.396 e. The molecule has 0 saturated heterocycles. The fraction of sp³-hybridized carbons (Fsp3) is 0.583. The highest BCUT2D eigenvalue weighted by Crippen LogP contribution is 2.25. The van der Waals surface area contributed by atoms with Crippen LogP contribution in [0.25, 0.3) is 0 Å². The van der Waals surface area contributed by atoms with Crippen LogP contribution in [0.15, 0.2) is 170 Å². The molecular formula is C96H152N6O7. The number of unbranched alkanes of at least 4 members (excludes halogenated alkanes) is 36. The maximum atomic E-state index is 12.3. The predicted octanol–water partition coefficient (Wildman–Crippen LogP) is 25.1. The molecule has 0 fully saturated rings. The van der Waals surface area contributed by atoms with Crippen molar-refractivity contribution in [3.8, 4) is 0 Å². The van der Waals surface area contributed by atoms with Gasteiger partial charge in [0.1, 0.15) is 0 Å². The van der Waals surface area contributed by atoms with Crippen LogP contribution in [0.2, 0.25) is 0 Å². The molecule has 0 radical (unpaired) electrons. The van der Waals surface area contributed by atoms with E-state index in [4.69, 9.17) is 10.8 Å². The quantitative estimate of drug-likeness (QED) is 0.0118. The Hall–Kier alpha value is -7.16. The minimum absolute atomic E-state index is 0.131. The first-order valence-corrected chi connectivity index (χ1v) is 43.3. The van der Waals surface area contributed by atoms with E-state index < -0.39 is 0 Å². The smallest absolute Gasteiger partial charge is 0.261 e. The number of aliphatic hydroxyl groups excluding tert-OH is 1. The van der Waals surface area contributed by atoms with E-state index in [9.17, 15) is 28.8 Å². The standard InChI is InChI=1S/2C26H37NO2.C18H35N.C18H34O.C8H5NO2.H4N2/c2*1-2-3-4-5-6-7-8-9-10-11-12-13-14-15-16-19-22-27-25(28)23-20-17-18-21-24(23)26(27)29;2*1-2-3-4-5-6-7-8-9-10-11-12-13-14-15-16-17-18-19;10-7-5-3-1-2-4-6(5)8(11)9-7;1-2/h2*6-7,9-10,17-18,20-21H,2-5,8,11-16,19,22H2,1H3;6-7,9-10H,2-5,8,11-19H2,1H3;6-7,9-10,19H,2-5,8,11-18H2,1H3;1-4H,(H,9,10,11);1-2H2/b4*7-6-,10-9-;;. The van der Waals surface area contributed by atoms with Gasteiger partial charge in [-0.1, -0.05) is 315 Å². The first-order valence-electron chi connectivity index (χ1n) is 43.3. The van der Waals surface area contributed by atoms with Crippen LogP contribution in [0.1, 0.15) is 398 Å². The van der Waals surface area contributed by atoms with Gasteiger partial charge in [-0.25, -0.2) is 0 Å². The van der Waals surface area contributed by atoms with Crippen molar-refractivity contribution in [2.75, 3.05) is 26.2 Å². The highest BCUT2D eigenvalue weighted by atomic mass is 16.3. The summed E-state index contributed by atoms with van der Waals surface area (Å²) in [7, 11) is 0. The lowest BCUT2D eigenvalue weighted by Gasteiger charge is -2.13. The van der Waals surface area contributed by atoms with Crippen molar-refractivity contribution in [2.24, 2.45) is 17.4 Å². The number of nitrogens with two attached hydrogens (primary N) is 3. The number of aliphatic hydroxyl groups is 1. The minimum Gasteiger partial charge on any atom is -0.396 e. The van der Waals surface area contributed by atoms with Crippen LogP contribution < -0.4 is 22.7 Å². The van der Waals surface area contributed by atoms with Gasteiger partial charge in [-0.2, -0.15) is 0 Å². The molecule has 3 aliphatic rings. The van der Waals surface area contributed by atoms with Gasteiger partial charge in [0, 0.05) is 19.7 Å². The molecule has 109 heavy (non-hydrogen) atoms. The third-order valence-electron chi connectivity index (χ3n) is 19.3. The van der Waals surface area contributed by atoms with Crippen LogP contribution in [-0.2, 0) is 0 Å².